The van der Waals surface area contributed by atoms with Crippen molar-refractivity contribution in [1.82, 2.24) is 0 Å². The summed E-state index contributed by atoms with van der Waals surface area (Å²) in [5, 5.41) is 8.68. The zero-order valence-corrected chi connectivity index (χ0v) is 9.83. The van der Waals surface area contributed by atoms with Gasteiger partial charge in [-0.15, -0.1) is 0 Å². The van der Waals surface area contributed by atoms with Gasteiger partial charge in [0.25, 0.3) is 0 Å². The first-order valence-electron chi connectivity index (χ1n) is 4.94. The van der Waals surface area contributed by atoms with E-state index in [1.807, 2.05) is 6.92 Å². The zero-order chi connectivity index (χ0) is 12.0. The monoisotopic (exact) mass is 242 g/mol. The van der Waals surface area contributed by atoms with Crippen molar-refractivity contribution in [2.45, 2.75) is 6.92 Å². The maximum absolute atomic E-state index is 11.1. The van der Waals surface area contributed by atoms with Crippen LogP contribution in [0.25, 0.3) is 0 Å². The minimum atomic E-state index is -0.960. The summed E-state index contributed by atoms with van der Waals surface area (Å²) in [5.74, 6) is 0.759. The Hall–Kier alpha value is -1.36. The SMILES string of the molecule is CCS(=O)CCOc1ccc(C(=O)O)cc1. The topological polar surface area (TPSA) is 63.6 Å². The molecular formula is C11H14O4S. The Labute approximate surface area is 96.7 Å². The molecule has 0 radical (unpaired) electrons. The molecule has 0 spiro atoms. The summed E-state index contributed by atoms with van der Waals surface area (Å²) >= 11 is 0. The molecule has 1 unspecified atom stereocenters. The van der Waals surface area contributed by atoms with E-state index in [0.717, 1.165) is 0 Å². The lowest BCUT2D eigenvalue weighted by Gasteiger charge is -2.05. The highest BCUT2D eigenvalue weighted by Gasteiger charge is 2.02. The number of carboxylic acid groups (broad SMARTS) is 1. The molecule has 0 saturated heterocycles. The fourth-order valence-electron chi connectivity index (χ4n) is 1.09. The summed E-state index contributed by atoms with van der Waals surface area (Å²) in [7, 11) is -0.831. The van der Waals surface area contributed by atoms with Crippen molar-refractivity contribution in [3.63, 3.8) is 0 Å². The number of carboxylic acids is 1. The Morgan fingerprint density at radius 2 is 2.00 bits per heavy atom. The van der Waals surface area contributed by atoms with Gasteiger partial charge in [-0.3, -0.25) is 4.21 Å². The predicted molar refractivity (Wildman–Crippen MR) is 62.4 cm³/mol. The van der Waals surface area contributed by atoms with E-state index in [1.54, 1.807) is 12.1 Å². The van der Waals surface area contributed by atoms with Crippen molar-refractivity contribution in [3.05, 3.63) is 29.8 Å². The Kier molecular flexibility index (Phi) is 4.98. The van der Waals surface area contributed by atoms with Gasteiger partial charge < -0.3 is 9.84 Å². The maximum Gasteiger partial charge on any atom is 0.335 e. The largest absolute Gasteiger partial charge is 0.493 e. The van der Waals surface area contributed by atoms with Crippen LogP contribution in [-0.2, 0) is 10.8 Å². The smallest absolute Gasteiger partial charge is 0.335 e. The van der Waals surface area contributed by atoms with E-state index >= 15 is 0 Å². The third kappa shape index (κ3) is 4.02. The Morgan fingerprint density at radius 3 is 2.50 bits per heavy atom. The number of hydrogen-bond acceptors (Lipinski definition) is 3. The van der Waals surface area contributed by atoms with Gasteiger partial charge in [0.1, 0.15) is 5.75 Å². The molecule has 1 rings (SSSR count). The summed E-state index contributed by atoms with van der Waals surface area (Å²) in [4.78, 5) is 10.6. The molecule has 0 aliphatic rings. The molecule has 16 heavy (non-hydrogen) atoms. The number of rotatable bonds is 6. The first-order chi connectivity index (χ1) is 7.63. The maximum atomic E-state index is 11.1. The average Bonchev–Trinajstić information content (AvgIpc) is 2.29. The van der Waals surface area contributed by atoms with Crippen LogP contribution in [0.5, 0.6) is 5.75 Å². The second-order valence-corrected chi connectivity index (χ2v) is 4.98. The summed E-state index contributed by atoms with van der Waals surface area (Å²) in [5.41, 5.74) is 0.226. The number of carbonyl (C=O) groups is 1. The number of hydrogen-bond donors (Lipinski definition) is 1. The lowest BCUT2D eigenvalue weighted by molar-refractivity contribution is 0.0697. The van der Waals surface area contributed by atoms with Crippen molar-refractivity contribution < 1.29 is 18.8 Å². The van der Waals surface area contributed by atoms with E-state index in [-0.39, 0.29) is 5.56 Å². The van der Waals surface area contributed by atoms with Crippen LogP contribution in [0.4, 0.5) is 0 Å². The van der Waals surface area contributed by atoms with Gasteiger partial charge >= 0.3 is 5.97 Å². The average molecular weight is 242 g/mol. The van der Waals surface area contributed by atoms with Gasteiger partial charge in [-0.05, 0) is 24.3 Å². The van der Waals surface area contributed by atoms with Crippen LogP contribution in [-0.4, -0.2) is 33.4 Å². The van der Waals surface area contributed by atoms with Crippen LogP contribution in [0.1, 0.15) is 17.3 Å². The molecule has 1 aromatic carbocycles. The van der Waals surface area contributed by atoms with Crippen LogP contribution in [0, 0.1) is 0 Å². The first-order valence-corrected chi connectivity index (χ1v) is 6.43. The highest BCUT2D eigenvalue weighted by molar-refractivity contribution is 7.84. The molecule has 0 aliphatic heterocycles. The third-order valence-corrected chi connectivity index (χ3v) is 3.27. The van der Waals surface area contributed by atoms with Crippen LogP contribution in [0.2, 0.25) is 0 Å². The second-order valence-electron chi connectivity index (χ2n) is 3.11. The summed E-state index contributed by atoms with van der Waals surface area (Å²) in [6.45, 7) is 2.24. The van der Waals surface area contributed by atoms with Gasteiger partial charge in [0, 0.05) is 16.6 Å². The van der Waals surface area contributed by atoms with Crippen LogP contribution in [0.3, 0.4) is 0 Å². The van der Waals surface area contributed by atoms with Crippen LogP contribution < -0.4 is 4.74 Å². The zero-order valence-electron chi connectivity index (χ0n) is 9.01. The molecule has 1 atom stereocenters. The molecule has 0 heterocycles. The third-order valence-electron chi connectivity index (χ3n) is 2.00. The van der Waals surface area contributed by atoms with Gasteiger partial charge in [-0.2, -0.15) is 0 Å². The molecule has 0 bridgehead atoms. The molecule has 0 aromatic heterocycles. The fourth-order valence-corrected chi connectivity index (χ4v) is 1.65. The molecule has 5 heteroatoms. The Morgan fingerprint density at radius 1 is 1.38 bits per heavy atom. The van der Waals surface area contributed by atoms with Gasteiger partial charge in [-0.1, -0.05) is 6.92 Å². The lowest BCUT2D eigenvalue weighted by atomic mass is 10.2. The normalized spacial score (nSPS) is 12.1. The Bertz CT molecular complexity index is 372. The highest BCUT2D eigenvalue weighted by Crippen LogP contribution is 2.11. The summed E-state index contributed by atoms with van der Waals surface area (Å²) in [6, 6.07) is 6.15. The molecule has 1 aromatic rings. The fraction of sp³-hybridized carbons (Fsp3) is 0.364. The standard InChI is InChI=1S/C11H14O4S/c1-2-16(14)8-7-15-10-5-3-9(4-6-10)11(12)13/h3-6H,2,7-8H2,1H3,(H,12,13). The van der Waals surface area contributed by atoms with Crippen molar-refractivity contribution in [2.75, 3.05) is 18.1 Å². The van der Waals surface area contributed by atoms with E-state index < -0.39 is 16.8 Å². The quantitative estimate of drug-likeness (QED) is 0.821. The van der Waals surface area contributed by atoms with Gasteiger partial charge in [0.05, 0.1) is 17.9 Å². The van der Waals surface area contributed by atoms with Crippen LogP contribution in [0.15, 0.2) is 24.3 Å². The molecule has 0 aliphatic carbocycles. The van der Waals surface area contributed by atoms with Gasteiger partial charge in [0.2, 0.25) is 0 Å². The van der Waals surface area contributed by atoms with Crippen molar-refractivity contribution >= 4 is 16.8 Å². The number of aromatic carboxylic acids is 1. The lowest BCUT2D eigenvalue weighted by Crippen LogP contribution is -2.09. The molecule has 4 nitrogen and oxygen atoms in total. The van der Waals surface area contributed by atoms with Crippen molar-refractivity contribution in [3.8, 4) is 5.75 Å². The van der Waals surface area contributed by atoms with E-state index in [2.05, 4.69) is 0 Å². The number of ether oxygens (including phenoxy) is 1. The molecule has 0 saturated carbocycles. The highest BCUT2D eigenvalue weighted by atomic mass is 32.2. The number of benzene rings is 1. The van der Waals surface area contributed by atoms with Gasteiger partial charge in [-0.25, -0.2) is 4.79 Å². The van der Waals surface area contributed by atoms with Crippen LogP contribution >= 0.6 is 0 Å². The van der Waals surface area contributed by atoms with Crippen molar-refractivity contribution in [1.29, 1.82) is 0 Å². The molecular weight excluding hydrogens is 228 g/mol. The van der Waals surface area contributed by atoms with E-state index in [4.69, 9.17) is 9.84 Å². The van der Waals surface area contributed by atoms with Gasteiger partial charge in [0.15, 0.2) is 0 Å². The second kappa shape index (κ2) is 6.27. The Balaban J connectivity index is 2.43. The first kappa shape index (κ1) is 12.7. The summed E-state index contributed by atoms with van der Waals surface area (Å²) < 4.78 is 16.4. The molecule has 88 valence electrons. The van der Waals surface area contributed by atoms with E-state index in [9.17, 15) is 9.00 Å². The minimum Gasteiger partial charge on any atom is -0.493 e. The summed E-state index contributed by atoms with van der Waals surface area (Å²) in [6.07, 6.45) is 0. The molecule has 0 amide bonds. The minimum absolute atomic E-state index is 0.226. The predicted octanol–water partition coefficient (Wildman–Crippen LogP) is 1.53. The van der Waals surface area contributed by atoms with Crippen molar-refractivity contribution in [2.24, 2.45) is 0 Å². The van der Waals surface area contributed by atoms with E-state index in [1.165, 1.54) is 12.1 Å². The van der Waals surface area contributed by atoms with E-state index in [0.29, 0.717) is 23.9 Å². The molecule has 0 fully saturated rings. The molecule has 1 N–H and O–H groups in total.